The molecular formula is C7H12O2. The van der Waals surface area contributed by atoms with E-state index >= 15 is 0 Å². The molecular weight excluding hydrogens is 116 g/mol. The summed E-state index contributed by atoms with van der Waals surface area (Å²) in [7, 11) is 0. The van der Waals surface area contributed by atoms with Crippen LogP contribution in [0.25, 0.3) is 0 Å². The highest BCUT2D eigenvalue weighted by Gasteiger charge is 2.22. The Morgan fingerprint density at radius 1 is 1.44 bits per heavy atom. The van der Waals surface area contributed by atoms with Gasteiger partial charge in [0.05, 0.1) is 6.61 Å². The van der Waals surface area contributed by atoms with Gasteiger partial charge < -0.3 is 4.74 Å². The Morgan fingerprint density at radius 2 is 2.11 bits per heavy atom. The molecule has 52 valence electrons. The number of esters is 1. The maximum atomic E-state index is 10.6. The fraction of sp³-hybridized carbons (Fsp3) is 0.857. The zero-order chi connectivity index (χ0) is 6.85. The van der Waals surface area contributed by atoms with Crippen molar-refractivity contribution in [2.75, 3.05) is 6.61 Å². The largest absolute Gasteiger partial charge is 0.465 e. The van der Waals surface area contributed by atoms with Gasteiger partial charge in [-0.05, 0) is 11.8 Å². The van der Waals surface area contributed by atoms with E-state index in [2.05, 4.69) is 13.8 Å². The summed E-state index contributed by atoms with van der Waals surface area (Å²) >= 11 is 0. The molecule has 1 rings (SSSR count). The van der Waals surface area contributed by atoms with Gasteiger partial charge in [-0.2, -0.15) is 0 Å². The van der Waals surface area contributed by atoms with Crippen LogP contribution < -0.4 is 0 Å². The van der Waals surface area contributed by atoms with E-state index in [4.69, 9.17) is 4.74 Å². The Kier molecular flexibility index (Phi) is 1.74. The summed E-state index contributed by atoms with van der Waals surface area (Å²) in [5.74, 6) is 1.01. The molecule has 1 fully saturated rings. The summed E-state index contributed by atoms with van der Waals surface area (Å²) in [5, 5.41) is 0. The molecule has 0 N–H and O–H groups in total. The normalized spacial score (nSPS) is 36.0. The van der Waals surface area contributed by atoms with Crippen LogP contribution in [0.1, 0.15) is 20.3 Å². The number of cyclic esters (lactones) is 1. The van der Waals surface area contributed by atoms with Crippen LogP contribution in [0.4, 0.5) is 0 Å². The van der Waals surface area contributed by atoms with E-state index in [1.54, 1.807) is 0 Å². The molecule has 1 aliphatic heterocycles. The lowest BCUT2D eigenvalue weighted by atomic mass is 9.92. The number of hydrogen-bond acceptors (Lipinski definition) is 2. The Hall–Kier alpha value is -0.530. The summed E-state index contributed by atoms with van der Waals surface area (Å²) in [6, 6.07) is 0. The van der Waals surface area contributed by atoms with Crippen LogP contribution in [0, 0.1) is 11.8 Å². The molecule has 1 saturated heterocycles. The molecule has 0 bridgehead atoms. The highest BCUT2D eigenvalue weighted by Crippen LogP contribution is 2.20. The molecule has 1 heterocycles. The summed E-state index contributed by atoms with van der Waals surface area (Å²) in [6.07, 6.45) is 0.598. The first-order valence-corrected chi connectivity index (χ1v) is 3.36. The van der Waals surface area contributed by atoms with Crippen LogP contribution in [0.2, 0.25) is 0 Å². The minimum atomic E-state index is -0.0411. The zero-order valence-corrected chi connectivity index (χ0v) is 5.89. The average Bonchev–Trinajstić information content (AvgIpc) is 1.80. The SMILES string of the molecule is CC1COC(=O)CC1C. The van der Waals surface area contributed by atoms with Gasteiger partial charge in [0, 0.05) is 6.42 Å². The standard InChI is InChI=1S/C7H12O2/c1-5-3-7(8)9-4-6(5)2/h5-6H,3-4H2,1-2H3. The first kappa shape index (κ1) is 6.59. The van der Waals surface area contributed by atoms with Gasteiger partial charge in [-0.15, -0.1) is 0 Å². The lowest BCUT2D eigenvalue weighted by molar-refractivity contribution is -0.151. The van der Waals surface area contributed by atoms with E-state index in [1.165, 1.54) is 0 Å². The van der Waals surface area contributed by atoms with Crippen LogP contribution in [0.3, 0.4) is 0 Å². The molecule has 0 radical (unpaired) electrons. The van der Waals surface area contributed by atoms with Gasteiger partial charge in [0.25, 0.3) is 0 Å². The van der Waals surface area contributed by atoms with E-state index in [0.717, 1.165) is 0 Å². The molecule has 9 heavy (non-hydrogen) atoms. The van der Waals surface area contributed by atoms with E-state index in [1.807, 2.05) is 0 Å². The van der Waals surface area contributed by atoms with Crippen LogP contribution in [0.15, 0.2) is 0 Å². The van der Waals surface area contributed by atoms with Crippen LogP contribution in [-0.4, -0.2) is 12.6 Å². The van der Waals surface area contributed by atoms with Crippen molar-refractivity contribution in [2.45, 2.75) is 20.3 Å². The van der Waals surface area contributed by atoms with Crippen molar-refractivity contribution < 1.29 is 9.53 Å². The predicted octanol–water partition coefficient (Wildman–Crippen LogP) is 1.21. The highest BCUT2D eigenvalue weighted by molar-refractivity contribution is 5.70. The Morgan fingerprint density at radius 3 is 2.56 bits per heavy atom. The van der Waals surface area contributed by atoms with Gasteiger partial charge in [0.15, 0.2) is 0 Å². The summed E-state index contributed by atoms with van der Waals surface area (Å²) in [4.78, 5) is 10.6. The number of carbonyl (C=O) groups is 1. The van der Waals surface area contributed by atoms with Gasteiger partial charge in [0.2, 0.25) is 0 Å². The number of ether oxygens (including phenoxy) is 1. The molecule has 0 amide bonds. The summed E-state index contributed by atoms with van der Waals surface area (Å²) < 4.78 is 4.82. The van der Waals surface area contributed by atoms with Gasteiger partial charge in [-0.1, -0.05) is 13.8 Å². The van der Waals surface area contributed by atoms with E-state index in [0.29, 0.717) is 24.9 Å². The Labute approximate surface area is 55.2 Å². The number of rotatable bonds is 0. The average molecular weight is 128 g/mol. The van der Waals surface area contributed by atoms with E-state index in [9.17, 15) is 4.79 Å². The fourth-order valence-corrected chi connectivity index (χ4v) is 0.912. The first-order valence-electron chi connectivity index (χ1n) is 3.36. The third-order valence-electron chi connectivity index (χ3n) is 1.97. The Bertz CT molecular complexity index is 120. The van der Waals surface area contributed by atoms with Crippen molar-refractivity contribution in [2.24, 2.45) is 11.8 Å². The maximum Gasteiger partial charge on any atom is 0.306 e. The topological polar surface area (TPSA) is 26.3 Å². The molecule has 0 aromatic carbocycles. The molecule has 0 saturated carbocycles. The van der Waals surface area contributed by atoms with Crippen LogP contribution in [-0.2, 0) is 9.53 Å². The van der Waals surface area contributed by atoms with Crippen LogP contribution in [0.5, 0.6) is 0 Å². The number of carbonyl (C=O) groups excluding carboxylic acids is 1. The summed E-state index contributed by atoms with van der Waals surface area (Å²) in [6.45, 7) is 4.81. The van der Waals surface area contributed by atoms with Crippen molar-refractivity contribution in [1.29, 1.82) is 0 Å². The quantitative estimate of drug-likeness (QED) is 0.458. The molecule has 1 aliphatic rings. The van der Waals surface area contributed by atoms with Crippen molar-refractivity contribution in [3.63, 3.8) is 0 Å². The second-order valence-electron chi connectivity index (χ2n) is 2.84. The minimum Gasteiger partial charge on any atom is -0.465 e. The molecule has 2 atom stereocenters. The second-order valence-corrected chi connectivity index (χ2v) is 2.84. The smallest absolute Gasteiger partial charge is 0.306 e. The zero-order valence-electron chi connectivity index (χ0n) is 5.89. The molecule has 2 nitrogen and oxygen atoms in total. The molecule has 0 aromatic rings. The molecule has 0 aromatic heterocycles. The maximum absolute atomic E-state index is 10.6. The van der Waals surface area contributed by atoms with Gasteiger partial charge in [-0.25, -0.2) is 0 Å². The lowest BCUT2D eigenvalue weighted by Gasteiger charge is -2.24. The van der Waals surface area contributed by atoms with Crippen molar-refractivity contribution >= 4 is 5.97 Å². The fourth-order valence-electron chi connectivity index (χ4n) is 0.912. The van der Waals surface area contributed by atoms with Crippen molar-refractivity contribution in [3.05, 3.63) is 0 Å². The van der Waals surface area contributed by atoms with Crippen molar-refractivity contribution in [1.82, 2.24) is 0 Å². The third kappa shape index (κ3) is 1.44. The van der Waals surface area contributed by atoms with Gasteiger partial charge >= 0.3 is 5.97 Å². The predicted molar refractivity (Wildman–Crippen MR) is 33.9 cm³/mol. The van der Waals surface area contributed by atoms with Crippen LogP contribution >= 0.6 is 0 Å². The lowest BCUT2D eigenvalue weighted by Crippen LogP contribution is -2.26. The summed E-state index contributed by atoms with van der Waals surface area (Å²) in [5.41, 5.74) is 0. The van der Waals surface area contributed by atoms with Crippen molar-refractivity contribution in [3.8, 4) is 0 Å². The second kappa shape index (κ2) is 2.38. The van der Waals surface area contributed by atoms with E-state index in [-0.39, 0.29) is 5.97 Å². The monoisotopic (exact) mass is 128 g/mol. The molecule has 2 heteroatoms. The van der Waals surface area contributed by atoms with Gasteiger partial charge in [0.1, 0.15) is 0 Å². The van der Waals surface area contributed by atoms with E-state index < -0.39 is 0 Å². The molecule has 0 spiro atoms. The molecule has 0 aliphatic carbocycles. The third-order valence-corrected chi connectivity index (χ3v) is 1.97. The molecule has 2 unspecified atom stereocenters. The van der Waals surface area contributed by atoms with Gasteiger partial charge in [-0.3, -0.25) is 4.79 Å². The first-order chi connectivity index (χ1) is 4.20. The number of hydrogen-bond donors (Lipinski definition) is 0. The Balaban J connectivity index is 2.44. The minimum absolute atomic E-state index is 0.0411. The highest BCUT2D eigenvalue weighted by atomic mass is 16.5.